The molecule has 0 rings (SSSR count). The van der Waals surface area contributed by atoms with E-state index in [-0.39, 0.29) is 10.9 Å². The van der Waals surface area contributed by atoms with Gasteiger partial charge in [0.1, 0.15) is 5.78 Å². The van der Waals surface area contributed by atoms with Gasteiger partial charge < -0.3 is 33.2 Å². The zero-order chi connectivity index (χ0) is 23.4. The van der Waals surface area contributed by atoms with Crippen LogP contribution in [0.15, 0.2) is 0 Å². The quantitative estimate of drug-likeness (QED) is 0.168. The second kappa shape index (κ2) is 29.4. The molecule has 0 bridgehead atoms. The summed E-state index contributed by atoms with van der Waals surface area (Å²) in [6, 6.07) is 0. The number of carbonyl (C=O) groups is 2. The molecular weight excluding hydrogens is 428 g/mol. The molecule has 0 saturated heterocycles. The van der Waals surface area contributed by atoms with E-state index in [0.29, 0.717) is 105 Å². The van der Waals surface area contributed by atoms with E-state index in [1.807, 2.05) is 13.8 Å². The molecule has 0 aromatic carbocycles. The van der Waals surface area contributed by atoms with Crippen molar-refractivity contribution < 1.29 is 42.7 Å². The maximum absolute atomic E-state index is 10.7. The lowest BCUT2D eigenvalue weighted by Crippen LogP contribution is -2.14. The molecule has 0 amide bonds. The van der Waals surface area contributed by atoms with Crippen molar-refractivity contribution in [3.05, 3.63) is 0 Å². The van der Waals surface area contributed by atoms with E-state index >= 15 is 0 Å². The molecule has 0 atom stereocenters. The summed E-state index contributed by atoms with van der Waals surface area (Å²) in [7, 11) is 0. The Morgan fingerprint density at radius 2 is 0.710 bits per heavy atom. The van der Waals surface area contributed by atoms with Gasteiger partial charge in [-0.05, 0) is 6.92 Å². The zero-order valence-electron chi connectivity index (χ0n) is 19.4. The number of Topliss-reactive ketones (excluding diaryl/α,β-unsaturated/α-hetero) is 1. The average molecular weight is 471 g/mol. The summed E-state index contributed by atoms with van der Waals surface area (Å²) >= 11 is 3.65. The number of carbonyl (C=O) groups excluding carboxylic acids is 2. The maximum atomic E-state index is 10.7. The van der Waals surface area contributed by atoms with Crippen LogP contribution < -0.4 is 0 Å². The van der Waals surface area contributed by atoms with Crippen LogP contribution in [-0.2, 0) is 42.7 Å². The molecule has 0 aliphatic carbocycles. The van der Waals surface area contributed by atoms with Crippen molar-refractivity contribution in [3.63, 3.8) is 0 Å². The van der Waals surface area contributed by atoms with Crippen LogP contribution in [0.4, 0.5) is 0 Å². The largest absolute Gasteiger partial charge is 0.379 e. The molecular formula is C21H42O9S. The number of hydrogen-bond donors (Lipinski definition) is 1. The van der Waals surface area contributed by atoms with Gasteiger partial charge in [0.05, 0.1) is 92.5 Å². The SMILES string of the molecule is CC.CC(=O)CCOCCOCCOCCOCCOCCOCCOCCC(=O)S. The van der Waals surface area contributed by atoms with Crippen molar-refractivity contribution in [2.75, 3.05) is 92.5 Å². The molecule has 0 fully saturated rings. The van der Waals surface area contributed by atoms with E-state index < -0.39 is 0 Å². The van der Waals surface area contributed by atoms with Gasteiger partial charge in [0.15, 0.2) is 5.12 Å². The number of ketones is 1. The topological polar surface area (TPSA) is 98.8 Å². The normalized spacial score (nSPS) is 10.6. The van der Waals surface area contributed by atoms with Gasteiger partial charge in [0.25, 0.3) is 0 Å². The van der Waals surface area contributed by atoms with Crippen molar-refractivity contribution in [1.29, 1.82) is 0 Å². The number of rotatable bonds is 24. The van der Waals surface area contributed by atoms with Gasteiger partial charge in [0.2, 0.25) is 0 Å². The maximum Gasteiger partial charge on any atom is 0.188 e. The van der Waals surface area contributed by atoms with E-state index in [1.165, 1.54) is 0 Å². The van der Waals surface area contributed by atoms with Crippen LogP contribution >= 0.6 is 12.6 Å². The fraction of sp³-hybridized carbons (Fsp3) is 0.905. The summed E-state index contributed by atoms with van der Waals surface area (Å²) < 4.78 is 37.2. The van der Waals surface area contributed by atoms with Gasteiger partial charge >= 0.3 is 0 Å². The number of hydrogen-bond acceptors (Lipinski definition) is 9. The van der Waals surface area contributed by atoms with Crippen LogP contribution in [-0.4, -0.2) is 103 Å². The Morgan fingerprint density at radius 1 is 0.484 bits per heavy atom. The molecule has 0 spiro atoms. The highest BCUT2D eigenvalue weighted by atomic mass is 32.1. The third-order valence-corrected chi connectivity index (χ3v) is 3.51. The lowest BCUT2D eigenvalue weighted by molar-refractivity contribution is -0.118. The number of ether oxygens (including phenoxy) is 7. The van der Waals surface area contributed by atoms with Crippen LogP contribution in [0.3, 0.4) is 0 Å². The Labute approximate surface area is 192 Å². The minimum Gasteiger partial charge on any atom is -0.379 e. The summed E-state index contributed by atoms with van der Waals surface area (Å²) in [6.07, 6.45) is 0.754. The lowest BCUT2D eigenvalue weighted by atomic mass is 10.3. The summed E-state index contributed by atoms with van der Waals surface area (Å²) in [5.74, 6) is 0.125. The lowest BCUT2D eigenvalue weighted by Gasteiger charge is -2.08. The fourth-order valence-electron chi connectivity index (χ4n) is 1.80. The Balaban J connectivity index is 0. The van der Waals surface area contributed by atoms with Crippen molar-refractivity contribution in [1.82, 2.24) is 0 Å². The molecule has 0 aromatic rings. The first kappa shape index (κ1) is 32.6. The first-order valence-electron chi connectivity index (χ1n) is 10.9. The van der Waals surface area contributed by atoms with E-state index in [1.54, 1.807) is 6.92 Å². The molecule has 31 heavy (non-hydrogen) atoms. The Bertz CT molecular complexity index is 350. The minimum absolute atomic E-state index is 0.125. The van der Waals surface area contributed by atoms with Crippen molar-refractivity contribution in [3.8, 4) is 0 Å². The molecule has 0 saturated carbocycles. The Morgan fingerprint density at radius 3 is 0.935 bits per heavy atom. The molecule has 0 radical (unpaired) electrons. The molecule has 0 aromatic heterocycles. The van der Waals surface area contributed by atoms with Gasteiger partial charge in [-0.1, -0.05) is 13.8 Å². The second-order valence-electron chi connectivity index (χ2n) is 5.88. The predicted octanol–water partition coefficient (Wildman–Crippen LogP) is 1.95. The zero-order valence-corrected chi connectivity index (χ0v) is 20.3. The average Bonchev–Trinajstić information content (AvgIpc) is 2.75. The molecule has 0 aliphatic heterocycles. The van der Waals surface area contributed by atoms with E-state index in [2.05, 4.69) is 12.6 Å². The summed E-state index contributed by atoms with van der Waals surface area (Å²) in [4.78, 5) is 21.3. The van der Waals surface area contributed by atoms with Crippen LogP contribution in [0.1, 0.15) is 33.6 Å². The Hall–Kier alpha value is -0.590. The third-order valence-electron chi connectivity index (χ3n) is 3.29. The molecule has 0 N–H and O–H groups in total. The highest BCUT2D eigenvalue weighted by molar-refractivity contribution is 7.96. The van der Waals surface area contributed by atoms with Crippen LogP contribution in [0.5, 0.6) is 0 Å². The molecule has 0 heterocycles. The van der Waals surface area contributed by atoms with Crippen molar-refractivity contribution >= 4 is 23.5 Å². The van der Waals surface area contributed by atoms with Crippen molar-refractivity contribution in [2.45, 2.75) is 33.6 Å². The first-order valence-corrected chi connectivity index (χ1v) is 11.3. The van der Waals surface area contributed by atoms with Crippen LogP contribution in [0.25, 0.3) is 0 Å². The standard InChI is InChI=1S/C19H36O9S.C2H6/c1-18(20)2-4-22-6-8-24-10-12-26-14-16-28-17-15-27-13-11-25-9-7-23-5-3-19(21)29;1-2/h2-17H2,1H3,(H,21,29);1-2H3. The molecule has 0 unspecified atom stereocenters. The van der Waals surface area contributed by atoms with Gasteiger partial charge in [-0.25, -0.2) is 0 Å². The van der Waals surface area contributed by atoms with Crippen molar-refractivity contribution in [2.24, 2.45) is 0 Å². The van der Waals surface area contributed by atoms with Crippen LogP contribution in [0.2, 0.25) is 0 Å². The highest BCUT2D eigenvalue weighted by Crippen LogP contribution is 1.89. The fourth-order valence-corrected chi connectivity index (χ4v) is 1.89. The summed E-state index contributed by atoms with van der Waals surface area (Å²) in [5, 5.41) is -0.178. The molecule has 10 heteroatoms. The third kappa shape index (κ3) is 34.2. The second-order valence-corrected chi connectivity index (χ2v) is 6.38. The van der Waals surface area contributed by atoms with E-state index in [0.717, 1.165) is 0 Å². The summed E-state index contributed by atoms with van der Waals surface area (Å²) in [5.41, 5.74) is 0. The van der Waals surface area contributed by atoms with E-state index in [9.17, 15) is 9.59 Å². The van der Waals surface area contributed by atoms with Gasteiger partial charge in [-0.15, -0.1) is 12.6 Å². The summed E-state index contributed by atoms with van der Waals surface area (Å²) in [6.45, 7) is 12.2. The minimum atomic E-state index is -0.178. The Kier molecular flexibility index (Phi) is 30.9. The number of thiol groups is 1. The smallest absolute Gasteiger partial charge is 0.188 e. The van der Waals surface area contributed by atoms with Gasteiger partial charge in [-0.2, -0.15) is 0 Å². The highest BCUT2D eigenvalue weighted by Gasteiger charge is 1.96. The van der Waals surface area contributed by atoms with Gasteiger partial charge in [-0.3, -0.25) is 9.59 Å². The monoisotopic (exact) mass is 470 g/mol. The van der Waals surface area contributed by atoms with Gasteiger partial charge in [0, 0.05) is 12.8 Å². The van der Waals surface area contributed by atoms with E-state index in [4.69, 9.17) is 33.2 Å². The van der Waals surface area contributed by atoms with Crippen LogP contribution in [0, 0.1) is 0 Å². The molecule has 9 nitrogen and oxygen atoms in total. The molecule has 0 aliphatic rings. The first-order chi connectivity index (χ1) is 15.1. The predicted molar refractivity (Wildman–Crippen MR) is 121 cm³/mol. The molecule has 186 valence electrons.